The molecule has 6 rings (SSSR count). The van der Waals surface area contributed by atoms with Crippen LogP contribution < -0.4 is 10.2 Å². The first-order chi connectivity index (χ1) is 18.5. The standard InChI is InChI=1S/C29H26FN5O3/c30-20-8-3-6-18(14-20)16-35-28(37)21-9-4-12-24(26(21)29(35)38)34-13-5-7-19(17-34)27(36)31-15-25-32-22-10-1-2-11-23(22)33-25/h1-4,6,8-12,14,19H,5,7,13,15-17H2,(H,31,36)(H,32,33)/t19-/m0/s1. The highest BCUT2D eigenvalue weighted by Gasteiger charge is 2.39. The molecule has 2 aliphatic heterocycles. The van der Waals surface area contributed by atoms with Crippen LogP contribution in [0.4, 0.5) is 10.1 Å². The number of piperidine rings is 1. The normalized spacial score (nSPS) is 17.2. The molecule has 0 bridgehead atoms. The minimum Gasteiger partial charge on any atom is -0.370 e. The van der Waals surface area contributed by atoms with Gasteiger partial charge in [0.2, 0.25) is 5.91 Å². The van der Waals surface area contributed by atoms with E-state index in [1.807, 2.05) is 35.2 Å². The number of imidazole rings is 1. The first-order valence-corrected chi connectivity index (χ1v) is 12.7. The number of aromatic nitrogens is 2. The molecule has 2 aliphatic rings. The molecule has 3 heterocycles. The highest BCUT2D eigenvalue weighted by Crippen LogP contribution is 2.34. The average Bonchev–Trinajstić information content (AvgIpc) is 3.46. The number of fused-ring (bicyclic) bond motifs is 2. The van der Waals surface area contributed by atoms with E-state index in [1.54, 1.807) is 24.3 Å². The Morgan fingerprint density at radius 1 is 1.05 bits per heavy atom. The summed E-state index contributed by atoms with van der Waals surface area (Å²) in [6, 6.07) is 18.8. The maximum atomic E-state index is 13.7. The fraction of sp³-hybridized carbons (Fsp3) is 0.241. The zero-order valence-electron chi connectivity index (χ0n) is 20.6. The summed E-state index contributed by atoms with van der Waals surface area (Å²) >= 11 is 0. The second-order valence-corrected chi connectivity index (χ2v) is 9.73. The summed E-state index contributed by atoms with van der Waals surface area (Å²) in [6.07, 6.45) is 1.51. The van der Waals surface area contributed by atoms with Crippen LogP contribution >= 0.6 is 0 Å². The van der Waals surface area contributed by atoms with E-state index in [0.29, 0.717) is 47.8 Å². The van der Waals surface area contributed by atoms with Gasteiger partial charge >= 0.3 is 0 Å². The first kappa shape index (κ1) is 23.8. The molecule has 0 saturated carbocycles. The van der Waals surface area contributed by atoms with E-state index in [9.17, 15) is 18.8 Å². The summed E-state index contributed by atoms with van der Waals surface area (Å²) in [5.41, 5.74) is 3.64. The van der Waals surface area contributed by atoms with Crippen LogP contribution in [0.2, 0.25) is 0 Å². The van der Waals surface area contributed by atoms with Crippen LogP contribution in [0.15, 0.2) is 66.7 Å². The van der Waals surface area contributed by atoms with Crippen molar-refractivity contribution in [1.29, 1.82) is 0 Å². The number of carbonyl (C=O) groups is 3. The SMILES string of the molecule is O=C(NCc1nc2ccccc2[nH]1)[C@H]1CCCN(c2cccc3c2C(=O)N(Cc2cccc(F)c2)C3=O)C1. The van der Waals surface area contributed by atoms with Crippen LogP contribution in [0.3, 0.4) is 0 Å². The number of aromatic amines is 1. The number of anilines is 1. The third kappa shape index (κ3) is 4.40. The number of benzene rings is 3. The van der Waals surface area contributed by atoms with Crippen molar-refractivity contribution in [2.75, 3.05) is 18.0 Å². The van der Waals surface area contributed by atoms with E-state index in [2.05, 4.69) is 15.3 Å². The molecule has 192 valence electrons. The topological polar surface area (TPSA) is 98.4 Å². The molecule has 0 spiro atoms. The molecule has 3 amide bonds. The van der Waals surface area contributed by atoms with Crippen LogP contribution in [-0.4, -0.2) is 45.7 Å². The van der Waals surface area contributed by atoms with Gasteiger partial charge in [0.1, 0.15) is 11.6 Å². The van der Waals surface area contributed by atoms with E-state index in [-0.39, 0.29) is 18.4 Å². The van der Waals surface area contributed by atoms with Crippen molar-refractivity contribution in [2.24, 2.45) is 5.92 Å². The number of carbonyl (C=O) groups excluding carboxylic acids is 3. The molecular formula is C29H26FN5O3. The van der Waals surface area contributed by atoms with E-state index >= 15 is 0 Å². The highest BCUT2D eigenvalue weighted by atomic mass is 19.1. The Morgan fingerprint density at radius 3 is 2.74 bits per heavy atom. The number of rotatable bonds is 6. The Hall–Kier alpha value is -4.53. The lowest BCUT2D eigenvalue weighted by atomic mass is 9.95. The predicted molar refractivity (Wildman–Crippen MR) is 140 cm³/mol. The van der Waals surface area contributed by atoms with Crippen LogP contribution in [0.25, 0.3) is 11.0 Å². The van der Waals surface area contributed by atoms with Crippen molar-refractivity contribution >= 4 is 34.4 Å². The van der Waals surface area contributed by atoms with Gasteiger partial charge in [-0.05, 0) is 54.8 Å². The minimum absolute atomic E-state index is 0.00360. The van der Waals surface area contributed by atoms with Gasteiger partial charge in [-0.2, -0.15) is 0 Å². The Morgan fingerprint density at radius 2 is 1.89 bits per heavy atom. The third-order valence-corrected chi connectivity index (χ3v) is 7.21. The summed E-state index contributed by atoms with van der Waals surface area (Å²) in [5, 5.41) is 2.99. The summed E-state index contributed by atoms with van der Waals surface area (Å²) in [7, 11) is 0. The number of amides is 3. The summed E-state index contributed by atoms with van der Waals surface area (Å²) in [5.74, 6) is -0.861. The van der Waals surface area contributed by atoms with Crippen molar-refractivity contribution in [3.63, 3.8) is 0 Å². The maximum absolute atomic E-state index is 13.7. The number of nitrogens with one attached hydrogen (secondary N) is 2. The van der Waals surface area contributed by atoms with Gasteiger partial charge in [0, 0.05) is 13.1 Å². The second-order valence-electron chi connectivity index (χ2n) is 9.73. The van der Waals surface area contributed by atoms with Crippen LogP contribution in [0.1, 0.15) is 44.9 Å². The van der Waals surface area contributed by atoms with E-state index in [1.165, 1.54) is 12.1 Å². The zero-order valence-corrected chi connectivity index (χ0v) is 20.6. The quantitative estimate of drug-likeness (QED) is 0.381. The fourth-order valence-corrected chi connectivity index (χ4v) is 5.36. The highest BCUT2D eigenvalue weighted by molar-refractivity contribution is 6.23. The number of imide groups is 1. The molecule has 4 aromatic rings. The third-order valence-electron chi connectivity index (χ3n) is 7.21. The van der Waals surface area contributed by atoms with E-state index in [4.69, 9.17) is 0 Å². The molecule has 1 saturated heterocycles. The molecule has 3 aromatic carbocycles. The number of nitrogens with zero attached hydrogens (tertiary/aromatic N) is 3. The van der Waals surface area contributed by atoms with E-state index < -0.39 is 17.6 Å². The Labute approximate surface area is 218 Å². The van der Waals surface area contributed by atoms with Gasteiger partial charge in [0.05, 0.1) is 46.9 Å². The van der Waals surface area contributed by atoms with Crippen molar-refractivity contribution in [3.05, 3.63) is 95.1 Å². The molecule has 1 atom stereocenters. The smallest absolute Gasteiger partial charge is 0.263 e. The lowest BCUT2D eigenvalue weighted by Gasteiger charge is -2.34. The summed E-state index contributed by atoms with van der Waals surface area (Å²) in [6.45, 7) is 1.41. The largest absolute Gasteiger partial charge is 0.370 e. The van der Waals surface area contributed by atoms with Crippen LogP contribution in [-0.2, 0) is 17.9 Å². The number of hydrogen-bond acceptors (Lipinski definition) is 5. The minimum atomic E-state index is -0.419. The van der Waals surface area contributed by atoms with Crippen LogP contribution in [0, 0.1) is 11.7 Å². The Kier molecular flexibility index (Phi) is 6.11. The number of H-pyrrole nitrogens is 1. The first-order valence-electron chi connectivity index (χ1n) is 12.7. The average molecular weight is 512 g/mol. The molecule has 9 heteroatoms. The van der Waals surface area contributed by atoms with Crippen molar-refractivity contribution in [3.8, 4) is 0 Å². The molecule has 38 heavy (non-hydrogen) atoms. The van der Waals surface area contributed by atoms with Gasteiger partial charge in [0.25, 0.3) is 11.8 Å². The lowest BCUT2D eigenvalue weighted by Crippen LogP contribution is -2.43. The lowest BCUT2D eigenvalue weighted by molar-refractivity contribution is -0.125. The van der Waals surface area contributed by atoms with Crippen molar-refractivity contribution in [1.82, 2.24) is 20.2 Å². The fourth-order valence-electron chi connectivity index (χ4n) is 5.36. The molecule has 2 N–H and O–H groups in total. The summed E-state index contributed by atoms with van der Waals surface area (Å²) in [4.78, 5) is 50.5. The molecule has 1 aromatic heterocycles. The van der Waals surface area contributed by atoms with Crippen molar-refractivity contribution in [2.45, 2.75) is 25.9 Å². The zero-order chi connectivity index (χ0) is 26.2. The molecule has 8 nitrogen and oxygen atoms in total. The molecule has 0 unspecified atom stereocenters. The number of halogens is 1. The monoisotopic (exact) mass is 511 g/mol. The van der Waals surface area contributed by atoms with Gasteiger partial charge in [-0.3, -0.25) is 19.3 Å². The second kappa shape index (κ2) is 9.74. The van der Waals surface area contributed by atoms with Gasteiger partial charge < -0.3 is 15.2 Å². The predicted octanol–water partition coefficient (Wildman–Crippen LogP) is 4.03. The number of para-hydroxylation sites is 2. The van der Waals surface area contributed by atoms with Gasteiger partial charge in [-0.25, -0.2) is 9.37 Å². The Balaban J connectivity index is 1.16. The van der Waals surface area contributed by atoms with Crippen molar-refractivity contribution < 1.29 is 18.8 Å². The molecule has 0 radical (unpaired) electrons. The maximum Gasteiger partial charge on any atom is 0.263 e. The molecule has 0 aliphatic carbocycles. The number of hydrogen-bond donors (Lipinski definition) is 2. The molecule has 1 fully saturated rings. The van der Waals surface area contributed by atoms with Gasteiger partial charge in [-0.15, -0.1) is 0 Å². The van der Waals surface area contributed by atoms with Gasteiger partial charge in [-0.1, -0.05) is 30.3 Å². The Bertz CT molecular complexity index is 1530. The van der Waals surface area contributed by atoms with Gasteiger partial charge in [0.15, 0.2) is 0 Å². The van der Waals surface area contributed by atoms with E-state index in [0.717, 1.165) is 28.8 Å². The van der Waals surface area contributed by atoms with Crippen LogP contribution in [0.5, 0.6) is 0 Å². The molecular weight excluding hydrogens is 485 g/mol. The summed E-state index contributed by atoms with van der Waals surface area (Å²) < 4.78 is 13.7.